The molecule has 0 atom stereocenters. The molecule has 0 aliphatic heterocycles. The molecule has 0 radical (unpaired) electrons. The molecule has 0 fully saturated rings. The standard InChI is InChI=1S/C19H17FN2O2S/c1-13-12-25-19(22-13)14-6-8-16(9-7-14)24-11-18(23)21-10-15-4-2-3-5-17(15)20/h2-9,12H,10-11H2,1H3,(H,21,23). The fourth-order valence-electron chi connectivity index (χ4n) is 2.22. The second kappa shape index (κ2) is 7.90. The van der Waals surface area contributed by atoms with Crippen molar-refractivity contribution in [1.82, 2.24) is 10.3 Å². The van der Waals surface area contributed by atoms with Gasteiger partial charge in [-0.25, -0.2) is 9.37 Å². The summed E-state index contributed by atoms with van der Waals surface area (Å²) in [5, 5.41) is 5.59. The number of nitrogens with one attached hydrogen (secondary N) is 1. The molecule has 1 amide bonds. The van der Waals surface area contributed by atoms with E-state index in [0.717, 1.165) is 16.3 Å². The minimum atomic E-state index is -0.336. The number of hydrogen-bond acceptors (Lipinski definition) is 4. The molecular formula is C19H17FN2O2S. The normalized spacial score (nSPS) is 10.5. The maximum atomic E-state index is 13.5. The zero-order valence-corrected chi connectivity index (χ0v) is 14.5. The van der Waals surface area contributed by atoms with Crippen LogP contribution in [-0.2, 0) is 11.3 Å². The van der Waals surface area contributed by atoms with Crippen molar-refractivity contribution in [2.75, 3.05) is 6.61 Å². The first-order valence-corrected chi connectivity index (χ1v) is 8.65. The maximum Gasteiger partial charge on any atom is 0.258 e. The highest BCUT2D eigenvalue weighted by atomic mass is 32.1. The fraction of sp³-hybridized carbons (Fsp3) is 0.158. The number of amides is 1. The number of aryl methyl sites for hydroxylation is 1. The van der Waals surface area contributed by atoms with E-state index in [2.05, 4.69) is 10.3 Å². The van der Waals surface area contributed by atoms with Crippen molar-refractivity contribution < 1.29 is 13.9 Å². The molecule has 4 nitrogen and oxygen atoms in total. The van der Waals surface area contributed by atoms with Crippen LogP contribution in [0.1, 0.15) is 11.3 Å². The molecule has 3 aromatic rings. The minimum absolute atomic E-state index is 0.121. The van der Waals surface area contributed by atoms with Crippen LogP contribution in [0.15, 0.2) is 53.9 Å². The largest absolute Gasteiger partial charge is 0.484 e. The highest BCUT2D eigenvalue weighted by Gasteiger charge is 2.07. The van der Waals surface area contributed by atoms with Gasteiger partial charge in [-0.05, 0) is 37.3 Å². The van der Waals surface area contributed by atoms with Gasteiger partial charge in [-0.1, -0.05) is 18.2 Å². The molecule has 0 aliphatic rings. The number of ether oxygens (including phenoxy) is 1. The van der Waals surface area contributed by atoms with Crippen LogP contribution in [0.25, 0.3) is 10.6 Å². The van der Waals surface area contributed by atoms with E-state index in [1.807, 2.05) is 24.4 Å². The summed E-state index contributed by atoms with van der Waals surface area (Å²) >= 11 is 1.59. The van der Waals surface area contributed by atoms with E-state index in [1.54, 1.807) is 41.7 Å². The van der Waals surface area contributed by atoms with E-state index in [1.165, 1.54) is 6.07 Å². The van der Waals surface area contributed by atoms with Gasteiger partial charge in [0.2, 0.25) is 0 Å². The van der Waals surface area contributed by atoms with Gasteiger partial charge in [0.1, 0.15) is 16.6 Å². The second-order valence-corrected chi connectivity index (χ2v) is 6.33. The Labute approximate surface area is 149 Å². The zero-order chi connectivity index (χ0) is 17.6. The van der Waals surface area contributed by atoms with Gasteiger partial charge < -0.3 is 10.1 Å². The Balaban J connectivity index is 1.49. The molecule has 0 bridgehead atoms. The summed E-state index contributed by atoms with van der Waals surface area (Å²) in [6.45, 7) is 1.97. The summed E-state index contributed by atoms with van der Waals surface area (Å²) in [7, 11) is 0. The monoisotopic (exact) mass is 356 g/mol. The first-order chi connectivity index (χ1) is 12.1. The Morgan fingerprint density at radius 1 is 1.20 bits per heavy atom. The molecule has 6 heteroatoms. The lowest BCUT2D eigenvalue weighted by Crippen LogP contribution is -2.28. The van der Waals surface area contributed by atoms with Crippen molar-refractivity contribution in [3.63, 3.8) is 0 Å². The van der Waals surface area contributed by atoms with Crippen molar-refractivity contribution in [3.05, 3.63) is 71.0 Å². The van der Waals surface area contributed by atoms with E-state index in [9.17, 15) is 9.18 Å². The third-order valence-electron chi connectivity index (χ3n) is 3.52. The maximum absolute atomic E-state index is 13.5. The van der Waals surface area contributed by atoms with Crippen molar-refractivity contribution in [2.24, 2.45) is 0 Å². The zero-order valence-electron chi connectivity index (χ0n) is 13.7. The van der Waals surface area contributed by atoms with E-state index >= 15 is 0 Å². The average molecular weight is 356 g/mol. The number of nitrogens with zero attached hydrogens (tertiary/aromatic N) is 1. The summed E-state index contributed by atoms with van der Waals surface area (Å²) in [6, 6.07) is 13.8. The van der Waals surface area contributed by atoms with E-state index in [4.69, 9.17) is 4.74 Å². The van der Waals surface area contributed by atoms with E-state index < -0.39 is 0 Å². The Hall–Kier alpha value is -2.73. The number of aromatic nitrogens is 1. The number of rotatable bonds is 6. The number of hydrogen-bond donors (Lipinski definition) is 1. The lowest BCUT2D eigenvalue weighted by Gasteiger charge is -2.08. The van der Waals surface area contributed by atoms with E-state index in [-0.39, 0.29) is 24.9 Å². The highest BCUT2D eigenvalue weighted by molar-refractivity contribution is 7.13. The summed E-state index contributed by atoms with van der Waals surface area (Å²) < 4.78 is 18.9. The summed E-state index contributed by atoms with van der Waals surface area (Å²) in [4.78, 5) is 16.3. The molecule has 1 aromatic heterocycles. The summed E-state index contributed by atoms with van der Waals surface area (Å²) in [5.41, 5.74) is 2.44. The number of carbonyl (C=O) groups is 1. The van der Waals surface area contributed by atoms with Crippen LogP contribution in [0.2, 0.25) is 0 Å². The van der Waals surface area contributed by atoms with Crippen LogP contribution in [0, 0.1) is 12.7 Å². The first-order valence-electron chi connectivity index (χ1n) is 7.77. The smallest absolute Gasteiger partial charge is 0.258 e. The van der Waals surface area contributed by atoms with Gasteiger partial charge in [0, 0.05) is 28.7 Å². The Morgan fingerprint density at radius 3 is 2.64 bits per heavy atom. The Bertz CT molecular complexity index is 862. The minimum Gasteiger partial charge on any atom is -0.484 e. The van der Waals surface area contributed by atoms with Crippen LogP contribution in [0.5, 0.6) is 5.75 Å². The topological polar surface area (TPSA) is 51.2 Å². The van der Waals surface area contributed by atoms with Crippen LogP contribution < -0.4 is 10.1 Å². The molecule has 0 saturated heterocycles. The van der Waals surface area contributed by atoms with Crippen molar-refractivity contribution >= 4 is 17.2 Å². The molecule has 3 rings (SSSR count). The number of benzene rings is 2. The van der Waals surface area contributed by atoms with Gasteiger partial charge in [-0.15, -0.1) is 11.3 Å². The van der Waals surface area contributed by atoms with Gasteiger partial charge in [0.25, 0.3) is 5.91 Å². The van der Waals surface area contributed by atoms with Crippen molar-refractivity contribution in [3.8, 4) is 16.3 Å². The van der Waals surface area contributed by atoms with Crippen LogP contribution in [0.4, 0.5) is 4.39 Å². The van der Waals surface area contributed by atoms with Gasteiger partial charge in [0.15, 0.2) is 6.61 Å². The van der Waals surface area contributed by atoms with E-state index in [0.29, 0.717) is 11.3 Å². The Morgan fingerprint density at radius 2 is 1.96 bits per heavy atom. The summed E-state index contributed by atoms with van der Waals surface area (Å²) in [6.07, 6.45) is 0. The molecule has 0 spiro atoms. The molecule has 25 heavy (non-hydrogen) atoms. The van der Waals surface area contributed by atoms with Crippen molar-refractivity contribution in [1.29, 1.82) is 0 Å². The van der Waals surface area contributed by atoms with Crippen LogP contribution >= 0.6 is 11.3 Å². The molecule has 2 aromatic carbocycles. The SMILES string of the molecule is Cc1csc(-c2ccc(OCC(=O)NCc3ccccc3F)cc2)n1. The number of halogens is 1. The lowest BCUT2D eigenvalue weighted by molar-refractivity contribution is -0.123. The Kier molecular flexibility index (Phi) is 5.40. The summed E-state index contributed by atoms with van der Waals surface area (Å²) in [5.74, 6) is -0.0438. The highest BCUT2D eigenvalue weighted by Crippen LogP contribution is 2.25. The fourth-order valence-corrected chi connectivity index (χ4v) is 3.02. The third-order valence-corrected chi connectivity index (χ3v) is 4.53. The predicted octanol–water partition coefficient (Wildman–Crippen LogP) is 3.95. The van der Waals surface area contributed by atoms with Gasteiger partial charge >= 0.3 is 0 Å². The molecule has 128 valence electrons. The first kappa shape index (κ1) is 17.1. The molecule has 0 aliphatic carbocycles. The average Bonchev–Trinajstić information content (AvgIpc) is 3.06. The number of carbonyl (C=O) groups excluding carboxylic acids is 1. The quantitative estimate of drug-likeness (QED) is 0.727. The van der Waals surface area contributed by atoms with Crippen molar-refractivity contribution in [2.45, 2.75) is 13.5 Å². The molecule has 0 unspecified atom stereocenters. The molecule has 1 heterocycles. The third kappa shape index (κ3) is 4.64. The van der Waals surface area contributed by atoms with Gasteiger partial charge in [-0.2, -0.15) is 0 Å². The predicted molar refractivity (Wildman–Crippen MR) is 96.0 cm³/mol. The lowest BCUT2D eigenvalue weighted by atomic mass is 10.2. The number of thiazole rings is 1. The molecular weight excluding hydrogens is 339 g/mol. The second-order valence-electron chi connectivity index (χ2n) is 5.48. The molecule has 0 saturated carbocycles. The van der Waals surface area contributed by atoms with Gasteiger partial charge in [0.05, 0.1) is 0 Å². The van der Waals surface area contributed by atoms with Crippen LogP contribution in [-0.4, -0.2) is 17.5 Å². The van der Waals surface area contributed by atoms with Gasteiger partial charge in [-0.3, -0.25) is 4.79 Å². The molecule has 1 N–H and O–H groups in total. The van der Waals surface area contributed by atoms with Crippen LogP contribution in [0.3, 0.4) is 0 Å².